The minimum absolute atomic E-state index is 0.0597. The van der Waals surface area contributed by atoms with Gasteiger partial charge in [0.15, 0.2) is 5.69 Å². The molecular formula is C17H14ClF2N5O3S. The molecule has 1 saturated heterocycles. The highest BCUT2D eigenvalue weighted by molar-refractivity contribution is 7.17. The minimum Gasteiger partial charge on any atom is -0.463 e. The second-order valence-electron chi connectivity index (χ2n) is 6.49. The molecule has 0 unspecified atom stereocenters. The number of benzene rings is 1. The van der Waals surface area contributed by atoms with Crippen molar-refractivity contribution >= 4 is 41.1 Å². The topological polar surface area (TPSA) is 101 Å². The third-order valence-corrected chi connectivity index (χ3v) is 5.63. The van der Waals surface area contributed by atoms with Crippen LogP contribution in [0.1, 0.15) is 28.5 Å². The second-order valence-corrected chi connectivity index (χ2v) is 8.05. The molecule has 2 aromatic rings. The number of carbonyl (C=O) groups is 2. The molecule has 1 aromatic carbocycles. The van der Waals surface area contributed by atoms with Crippen LogP contribution in [0.3, 0.4) is 0 Å². The summed E-state index contributed by atoms with van der Waals surface area (Å²) >= 11 is 6.86. The van der Waals surface area contributed by atoms with Gasteiger partial charge in [0.1, 0.15) is 22.1 Å². The maximum absolute atomic E-state index is 13.5. The summed E-state index contributed by atoms with van der Waals surface area (Å²) < 4.78 is 32.8. The molecule has 3 amide bonds. The fourth-order valence-electron chi connectivity index (χ4n) is 3.08. The Morgan fingerprint density at radius 3 is 2.55 bits per heavy atom. The number of rotatable bonds is 4. The van der Waals surface area contributed by atoms with E-state index in [9.17, 15) is 18.4 Å². The number of ether oxygens (including phenoxy) is 1. The SMILES string of the molecule is NC(=O)c1nc(OC2CN(C(=O)N3N=CC[C@H]3c3cc(F)cc(F)c3)C2)sc1Cl. The van der Waals surface area contributed by atoms with E-state index in [4.69, 9.17) is 22.1 Å². The summed E-state index contributed by atoms with van der Waals surface area (Å²) in [6, 6.07) is 2.17. The van der Waals surface area contributed by atoms with Gasteiger partial charge < -0.3 is 15.4 Å². The van der Waals surface area contributed by atoms with Gasteiger partial charge in [-0.25, -0.2) is 18.6 Å². The van der Waals surface area contributed by atoms with Gasteiger partial charge in [-0.05, 0) is 17.7 Å². The zero-order chi connectivity index (χ0) is 20.7. The van der Waals surface area contributed by atoms with Crippen LogP contribution in [-0.4, -0.2) is 52.2 Å². The van der Waals surface area contributed by atoms with Crippen molar-refractivity contribution < 1.29 is 23.1 Å². The van der Waals surface area contributed by atoms with Gasteiger partial charge in [0.05, 0.1) is 19.1 Å². The first kappa shape index (κ1) is 19.5. The van der Waals surface area contributed by atoms with E-state index in [0.29, 0.717) is 12.0 Å². The van der Waals surface area contributed by atoms with Gasteiger partial charge >= 0.3 is 6.03 Å². The van der Waals surface area contributed by atoms with E-state index in [-0.39, 0.29) is 34.4 Å². The summed E-state index contributed by atoms with van der Waals surface area (Å²) in [7, 11) is 0. The van der Waals surface area contributed by atoms with Crippen molar-refractivity contribution in [3.05, 3.63) is 45.4 Å². The molecule has 0 bridgehead atoms. The predicted molar refractivity (Wildman–Crippen MR) is 101 cm³/mol. The first-order chi connectivity index (χ1) is 13.8. The summed E-state index contributed by atoms with van der Waals surface area (Å²) in [5, 5.41) is 5.44. The fraction of sp³-hybridized carbons (Fsp3) is 0.294. The van der Waals surface area contributed by atoms with Crippen LogP contribution < -0.4 is 10.5 Å². The largest absolute Gasteiger partial charge is 0.463 e. The van der Waals surface area contributed by atoms with Crippen LogP contribution in [0.4, 0.5) is 13.6 Å². The maximum atomic E-state index is 13.5. The van der Waals surface area contributed by atoms with Gasteiger partial charge in [0.25, 0.3) is 11.1 Å². The average Bonchev–Trinajstić information content (AvgIpc) is 3.23. The number of carbonyl (C=O) groups excluding carboxylic acids is 2. The van der Waals surface area contributed by atoms with Gasteiger partial charge in [-0.1, -0.05) is 22.9 Å². The lowest BCUT2D eigenvalue weighted by Gasteiger charge is -2.40. The number of nitrogens with zero attached hydrogens (tertiary/aromatic N) is 4. The first-order valence-electron chi connectivity index (χ1n) is 8.51. The van der Waals surface area contributed by atoms with E-state index in [0.717, 1.165) is 17.4 Å². The van der Waals surface area contributed by atoms with Crippen LogP contribution in [0.2, 0.25) is 4.34 Å². The average molecular weight is 442 g/mol. The molecular weight excluding hydrogens is 428 g/mol. The standard InChI is InChI=1S/C17H14ClF2N5O3S/c18-14-13(15(21)26)23-16(29-14)28-11-6-24(7-11)17(27)25-12(1-2-22-25)8-3-9(19)5-10(20)4-8/h2-5,11-12H,1,6-7H2,(H2,21,26)/t12-/m0/s1. The second kappa shape index (κ2) is 7.56. The van der Waals surface area contributed by atoms with Gasteiger partial charge in [-0.3, -0.25) is 4.79 Å². The van der Waals surface area contributed by atoms with Gasteiger partial charge in [0, 0.05) is 18.7 Å². The van der Waals surface area contributed by atoms with Crippen molar-refractivity contribution in [3.8, 4) is 5.19 Å². The summed E-state index contributed by atoms with van der Waals surface area (Å²) in [5.41, 5.74) is 5.43. The smallest absolute Gasteiger partial charge is 0.341 e. The Balaban J connectivity index is 1.38. The Bertz CT molecular complexity index is 991. The molecule has 0 saturated carbocycles. The molecule has 0 aliphatic carbocycles. The molecule has 2 aliphatic rings. The number of hydrazone groups is 1. The lowest BCUT2D eigenvalue weighted by molar-refractivity contribution is 0.0275. The summed E-state index contributed by atoms with van der Waals surface area (Å²) in [5.74, 6) is -2.18. The first-order valence-corrected chi connectivity index (χ1v) is 9.70. The summed E-state index contributed by atoms with van der Waals surface area (Å²) in [4.78, 5) is 29.3. The number of hydrogen-bond acceptors (Lipinski definition) is 6. The lowest BCUT2D eigenvalue weighted by atomic mass is 10.0. The monoisotopic (exact) mass is 441 g/mol. The van der Waals surface area contributed by atoms with Crippen molar-refractivity contribution in [1.82, 2.24) is 14.9 Å². The van der Waals surface area contributed by atoms with E-state index in [1.54, 1.807) is 0 Å². The summed E-state index contributed by atoms with van der Waals surface area (Å²) in [6.45, 7) is 0.524. The highest BCUT2D eigenvalue weighted by atomic mass is 35.5. The van der Waals surface area contributed by atoms with Crippen molar-refractivity contribution in [2.24, 2.45) is 10.8 Å². The molecule has 4 rings (SSSR count). The molecule has 29 heavy (non-hydrogen) atoms. The normalized spacial score (nSPS) is 18.8. The number of halogens is 3. The van der Waals surface area contributed by atoms with Crippen molar-refractivity contribution in [3.63, 3.8) is 0 Å². The Kier molecular flexibility index (Phi) is 5.09. The van der Waals surface area contributed by atoms with E-state index in [1.165, 1.54) is 28.3 Å². The molecule has 1 aromatic heterocycles. The number of hydrogen-bond donors (Lipinski definition) is 1. The van der Waals surface area contributed by atoms with Crippen molar-refractivity contribution in [2.75, 3.05) is 13.1 Å². The maximum Gasteiger partial charge on any atom is 0.341 e. The Morgan fingerprint density at radius 1 is 1.24 bits per heavy atom. The third kappa shape index (κ3) is 3.87. The minimum atomic E-state index is -0.752. The number of thiazole rings is 1. The quantitative estimate of drug-likeness (QED) is 0.788. The summed E-state index contributed by atoms with van der Waals surface area (Å²) in [6.07, 6.45) is 1.55. The Labute approximate surface area is 172 Å². The van der Waals surface area contributed by atoms with Crippen LogP contribution in [0.25, 0.3) is 0 Å². The molecule has 1 fully saturated rings. The van der Waals surface area contributed by atoms with Crippen LogP contribution in [-0.2, 0) is 0 Å². The lowest BCUT2D eigenvalue weighted by Crippen LogP contribution is -2.58. The van der Waals surface area contributed by atoms with Crippen LogP contribution >= 0.6 is 22.9 Å². The Morgan fingerprint density at radius 2 is 1.93 bits per heavy atom. The molecule has 1 atom stereocenters. The number of aromatic nitrogens is 1. The molecule has 152 valence electrons. The number of primary amides is 1. The number of amides is 3. The number of nitrogens with two attached hydrogens (primary N) is 1. The highest BCUT2D eigenvalue weighted by Gasteiger charge is 2.39. The fourth-order valence-corrected chi connectivity index (χ4v) is 4.14. The highest BCUT2D eigenvalue weighted by Crippen LogP contribution is 2.33. The third-order valence-electron chi connectivity index (χ3n) is 4.48. The zero-order valence-corrected chi connectivity index (χ0v) is 16.3. The van der Waals surface area contributed by atoms with Crippen LogP contribution in [0.5, 0.6) is 5.19 Å². The molecule has 2 N–H and O–H groups in total. The van der Waals surface area contributed by atoms with Crippen LogP contribution in [0.15, 0.2) is 23.3 Å². The molecule has 0 spiro atoms. The van der Waals surface area contributed by atoms with E-state index < -0.39 is 29.6 Å². The van der Waals surface area contributed by atoms with Crippen molar-refractivity contribution in [1.29, 1.82) is 0 Å². The van der Waals surface area contributed by atoms with E-state index >= 15 is 0 Å². The predicted octanol–water partition coefficient (Wildman–Crippen LogP) is 2.79. The van der Waals surface area contributed by atoms with Gasteiger partial charge in [-0.15, -0.1) is 0 Å². The van der Waals surface area contributed by atoms with Gasteiger partial charge in [-0.2, -0.15) is 10.1 Å². The molecule has 8 nitrogen and oxygen atoms in total. The van der Waals surface area contributed by atoms with Crippen LogP contribution in [0, 0.1) is 11.6 Å². The molecule has 12 heteroatoms. The van der Waals surface area contributed by atoms with E-state index in [1.807, 2.05) is 0 Å². The molecule has 2 aliphatic heterocycles. The van der Waals surface area contributed by atoms with Gasteiger partial charge in [0.2, 0.25) is 0 Å². The molecule has 0 radical (unpaired) electrons. The number of likely N-dealkylation sites (tertiary alicyclic amines) is 1. The Hall–Kier alpha value is -2.79. The number of urea groups is 1. The van der Waals surface area contributed by atoms with Crippen molar-refractivity contribution in [2.45, 2.75) is 18.6 Å². The van der Waals surface area contributed by atoms with E-state index in [2.05, 4.69) is 10.1 Å². The molecule has 3 heterocycles. The zero-order valence-electron chi connectivity index (χ0n) is 14.7.